The van der Waals surface area contributed by atoms with Crippen molar-refractivity contribution in [2.24, 2.45) is 5.92 Å². The van der Waals surface area contributed by atoms with Gasteiger partial charge in [-0.05, 0) is 26.7 Å². The highest BCUT2D eigenvalue weighted by Crippen LogP contribution is 2.33. The van der Waals surface area contributed by atoms with Crippen molar-refractivity contribution in [3.63, 3.8) is 0 Å². The van der Waals surface area contributed by atoms with Gasteiger partial charge in [0.1, 0.15) is 17.9 Å². The molecule has 5 rings (SSSR count). The molecule has 2 aromatic rings. The largest absolute Gasteiger partial charge is 0.481 e. The van der Waals surface area contributed by atoms with E-state index in [1.807, 2.05) is 24.8 Å². The molecule has 2 bridgehead atoms. The van der Waals surface area contributed by atoms with Crippen LogP contribution in [-0.4, -0.2) is 52.2 Å². The van der Waals surface area contributed by atoms with Crippen LogP contribution >= 0.6 is 0 Å². The summed E-state index contributed by atoms with van der Waals surface area (Å²) in [6.45, 7) is 5.81. The van der Waals surface area contributed by atoms with E-state index in [9.17, 15) is 4.79 Å². The van der Waals surface area contributed by atoms with Gasteiger partial charge >= 0.3 is 0 Å². The highest BCUT2D eigenvalue weighted by molar-refractivity contribution is 5.81. The van der Waals surface area contributed by atoms with E-state index in [4.69, 9.17) is 9.26 Å². The molecule has 2 aromatic heterocycles. The second kappa shape index (κ2) is 6.59. The zero-order valence-electron chi connectivity index (χ0n) is 15.3. The maximum Gasteiger partial charge on any atom is 0.228 e. The first-order valence-corrected chi connectivity index (χ1v) is 8.90. The molecule has 8 nitrogen and oxygen atoms in total. The second-order valence-corrected chi connectivity index (χ2v) is 7.02. The van der Waals surface area contributed by atoms with Gasteiger partial charge in [-0.1, -0.05) is 5.16 Å². The van der Waals surface area contributed by atoms with Crippen LogP contribution in [0, 0.1) is 19.8 Å². The molecular weight excluding hydrogens is 334 g/mol. The van der Waals surface area contributed by atoms with E-state index in [1.165, 1.54) is 6.33 Å². The Bertz CT molecular complexity index is 801. The standard InChI is InChI=1S/C18H23N5O3/c1-11-15(12(2)26-21-11)9-23-14-5-4-13(18(23)24)7-22(8-14)16-6-17(25-3)20-10-19-16/h6,10,13-14H,4-5,7-9H2,1-3H3/t13-,14+/m1/s1. The average Bonchev–Trinajstić information content (AvgIpc) is 2.83. The predicted molar refractivity (Wildman–Crippen MR) is 93.8 cm³/mol. The summed E-state index contributed by atoms with van der Waals surface area (Å²) >= 11 is 0. The minimum Gasteiger partial charge on any atom is -0.481 e. The Labute approximate surface area is 152 Å². The summed E-state index contributed by atoms with van der Waals surface area (Å²) in [6, 6.07) is 1.98. The summed E-state index contributed by atoms with van der Waals surface area (Å²) in [5.74, 6) is 2.32. The van der Waals surface area contributed by atoms with Crippen molar-refractivity contribution in [1.82, 2.24) is 20.0 Å². The van der Waals surface area contributed by atoms with Crippen LogP contribution in [0.15, 0.2) is 16.9 Å². The number of ether oxygens (including phenoxy) is 1. The number of piperidine rings is 1. The molecule has 26 heavy (non-hydrogen) atoms. The normalized spacial score (nSPS) is 22.7. The number of nitrogens with zero attached hydrogens (tertiary/aromatic N) is 5. The predicted octanol–water partition coefficient (Wildman–Crippen LogP) is 1.72. The third-order valence-corrected chi connectivity index (χ3v) is 5.46. The maximum absolute atomic E-state index is 13.0. The molecule has 0 spiro atoms. The molecule has 0 saturated carbocycles. The van der Waals surface area contributed by atoms with E-state index in [0.717, 1.165) is 42.2 Å². The van der Waals surface area contributed by atoms with Crippen molar-refractivity contribution in [2.45, 2.75) is 39.3 Å². The van der Waals surface area contributed by atoms with E-state index >= 15 is 0 Å². The molecule has 3 aliphatic heterocycles. The van der Waals surface area contributed by atoms with Crippen molar-refractivity contribution in [1.29, 1.82) is 0 Å². The van der Waals surface area contributed by atoms with Crippen LogP contribution in [0.25, 0.3) is 0 Å². The maximum atomic E-state index is 13.0. The number of carbonyl (C=O) groups excluding carboxylic acids is 1. The van der Waals surface area contributed by atoms with E-state index in [0.29, 0.717) is 19.0 Å². The highest BCUT2D eigenvalue weighted by Gasteiger charge is 2.41. The molecule has 5 heterocycles. The van der Waals surface area contributed by atoms with Crippen LogP contribution in [0.1, 0.15) is 29.9 Å². The molecule has 3 aliphatic rings. The van der Waals surface area contributed by atoms with Crippen LogP contribution < -0.4 is 9.64 Å². The van der Waals surface area contributed by atoms with E-state index in [1.54, 1.807) is 7.11 Å². The molecule has 8 heteroatoms. The summed E-state index contributed by atoms with van der Waals surface area (Å²) < 4.78 is 10.5. The summed E-state index contributed by atoms with van der Waals surface area (Å²) in [4.78, 5) is 25.7. The Balaban J connectivity index is 1.60. The third kappa shape index (κ3) is 2.89. The zero-order valence-corrected chi connectivity index (χ0v) is 15.3. The number of fused-ring (bicyclic) bond motifs is 4. The average molecular weight is 357 g/mol. The van der Waals surface area contributed by atoms with Crippen molar-refractivity contribution in [3.8, 4) is 5.88 Å². The van der Waals surface area contributed by atoms with Crippen LogP contribution in [0.2, 0.25) is 0 Å². The SMILES string of the molecule is COc1cc(N2C[C@H]3CC[C@@H](C2)N(Cc2c(C)noc2C)C3=O)ncn1. The molecule has 1 amide bonds. The van der Waals surface area contributed by atoms with Gasteiger partial charge in [0.25, 0.3) is 0 Å². The molecule has 0 unspecified atom stereocenters. The molecule has 2 atom stereocenters. The number of anilines is 1. The molecular formula is C18H23N5O3. The van der Waals surface area contributed by atoms with Gasteiger partial charge in [0.05, 0.1) is 25.3 Å². The van der Waals surface area contributed by atoms with Crippen molar-refractivity contribution in [2.75, 3.05) is 25.1 Å². The van der Waals surface area contributed by atoms with Gasteiger partial charge in [-0.25, -0.2) is 9.97 Å². The van der Waals surface area contributed by atoms with Gasteiger partial charge in [-0.3, -0.25) is 4.79 Å². The quantitative estimate of drug-likeness (QED) is 0.823. The zero-order chi connectivity index (χ0) is 18.3. The Morgan fingerprint density at radius 3 is 2.85 bits per heavy atom. The van der Waals surface area contributed by atoms with Gasteiger partial charge in [0, 0.05) is 30.8 Å². The van der Waals surface area contributed by atoms with Crippen LogP contribution in [-0.2, 0) is 11.3 Å². The number of methoxy groups -OCH3 is 1. The fourth-order valence-electron chi connectivity index (χ4n) is 3.95. The van der Waals surface area contributed by atoms with Crippen molar-refractivity contribution < 1.29 is 14.1 Å². The number of hydrogen-bond donors (Lipinski definition) is 0. The first-order valence-electron chi connectivity index (χ1n) is 8.90. The van der Waals surface area contributed by atoms with Gasteiger partial charge < -0.3 is 19.1 Å². The molecule has 0 N–H and O–H groups in total. The number of aromatic nitrogens is 3. The van der Waals surface area contributed by atoms with Gasteiger partial charge in [0.15, 0.2) is 0 Å². The first-order chi connectivity index (χ1) is 12.6. The number of rotatable bonds is 4. The molecule has 3 fully saturated rings. The lowest BCUT2D eigenvalue weighted by Crippen LogP contribution is -2.47. The number of carbonyl (C=O) groups is 1. The molecule has 138 valence electrons. The van der Waals surface area contributed by atoms with E-state index in [-0.39, 0.29) is 17.9 Å². The van der Waals surface area contributed by atoms with Crippen LogP contribution in [0.3, 0.4) is 0 Å². The van der Waals surface area contributed by atoms with Crippen LogP contribution in [0.4, 0.5) is 5.82 Å². The molecule has 0 aliphatic carbocycles. The lowest BCUT2D eigenvalue weighted by molar-refractivity contribution is -0.140. The Morgan fingerprint density at radius 2 is 2.12 bits per heavy atom. The molecule has 3 saturated heterocycles. The highest BCUT2D eigenvalue weighted by atomic mass is 16.5. The first kappa shape index (κ1) is 16.8. The molecule has 0 radical (unpaired) electrons. The van der Waals surface area contributed by atoms with Gasteiger partial charge in [-0.2, -0.15) is 0 Å². The van der Waals surface area contributed by atoms with Crippen molar-refractivity contribution >= 4 is 11.7 Å². The monoisotopic (exact) mass is 357 g/mol. The van der Waals surface area contributed by atoms with Crippen LogP contribution in [0.5, 0.6) is 5.88 Å². The summed E-state index contributed by atoms with van der Waals surface area (Å²) in [5, 5.41) is 4.02. The number of aryl methyl sites for hydroxylation is 2. The topological polar surface area (TPSA) is 84.6 Å². The van der Waals surface area contributed by atoms with Crippen molar-refractivity contribution in [3.05, 3.63) is 29.4 Å². The van der Waals surface area contributed by atoms with E-state index < -0.39 is 0 Å². The number of hydrogen-bond acceptors (Lipinski definition) is 7. The fraction of sp³-hybridized carbons (Fsp3) is 0.556. The fourth-order valence-corrected chi connectivity index (χ4v) is 3.95. The lowest BCUT2D eigenvalue weighted by atomic mass is 9.93. The Hall–Kier alpha value is -2.64. The summed E-state index contributed by atoms with van der Waals surface area (Å²) in [7, 11) is 1.59. The second-order valence-electron chi connectivity index (χ2n) is 7.02. The minimum absolute atomic E-state index is 0.0183. The lowest BCUT2D eigenvalue weighted by Gasteiger charge is -2.35. The molecule has 0 aromatic carbocycles. The minimum atomic E-state index is -0.0183. The summed E-state index contributed by atoms with van der Waals surface area (Å²) in [6.07, 6.45) is 3.42. The summed E-state index contributed by atoms with van der Waals surface area (Å²) in [5.41, 5.74) is 1.87. The Morgan fingerprint density at radius 1 is 1.27 bits per heavy atom. The number of amides is 1. The van der Waals surface area contributed by atoms with E-state index in [2.05, 4.69) is 20.0 Å². The van der Waals surface area contributed by atoms with Gasteiger partial charge in [0.2, 0.25) is 11.8 Å². The smallest absolute Gasteiger partial charge is 0.228 e. The Kier molecular flexibility index (Phi) is 4.26. The third-order valence-electron chi connectivity index (χ3n) is 5.46. The van der Waals surface area contributed by atoms with Gasteiger partial charge in [-0.15, -0.1) is 0 Å².